The lowest BCUT2D eigenvalue weighted by molar-refractivity contribution is -0.123. The van der Waals surface area contributed by atoms with E-state index in [2.05, 4.69) is 26.5 Å². The van der Waals surface area contributed by atoms with Crippen LogP contribution in [0.2, 0.25) is 0 Å². The minimum atomic E-state index is 0.0555. The number of piperidine rings is 1. The number of para-hydroxylation sites is 1. The summed E-state index contributed by atoms with van der Waals surface area (Å²) >= 11 is 0. The number of benzene rings is 1. The van der Waals surface area contributed by atoms with E-state index in [-0.39, 0.29) is 11.9 Å². The van der Waals surface area contributed by atoms with Crippen LogP contribution in [0.3, 0.4) is 0 Å². The fourth-order valence-corrected chi connectivity index (χ4v) is 3.83. The molecule has 2 aromatic rings. The topological polar surface area (TPSA) is 70.2 Å². The lowest BCUT2D eigenvalue weighted by Crippen LogP contribution is -2.43. The lowest BCUT2D eigenvalue weighted by Gasteiger charge is -2.32. The van der Waals surface area contributed by atoms with E-state index in [1.54, 1.807) is 6.20 Å². The van der Waals surface area contributed by atoms with Crippen molar-refractivity contribution in [1.29, 1.82) is 0 Å². The summed E-state index contributed by atoms with van der Waals surface area (Å²) < 4.78 is 5.66. The van der Waals surface area contributed by atoms with E-state index in [0.717, 1.165) is 43.7 Å². The normalized spacial score (nSPS) is 21.4. The molecule has 132 valence electrons. The average molecular weight is 340 g/mol. The van der Waals surface area contributed by atoms with Crippen LogP contribution in [0, 0.1) is 0 Å². The molecule has 6 heteroatoms. The Morgan fingerprint density at radius 2 is 2.08 bits per heavy atom. The predicted molar refractivity (Wildman–Crippen MR) is 94.4 cm³/mol. The molecule has 3 heterocycles. The Balaban J connectivity index is 1.29. The number of nitrogens with one attached hydrogen (secondary N) is 2. The van der Waals surface area contributed by atoms with Gasteiger partial charge in [-0.1, -0.05) is 18.2 Å². The maximum Gasteiger partial charge on any atom is 0.234 e. The number of aromatic amines is 1. The first-order valence-corrected chi connectivity index (χ1v) is 9.02. The molecular formula is C19H24N4O2. The number of aromatic nitrogens is 2. The zero-order valence-corrected chi connectivity index (χ0v) is 14.3. The van der Waals surface area contributed by atoms with Crippen LogP contribution in [0.1, 0.15) is 42.5 Å². The van der Waals surface area contributed by atoms with Gasteiger partial charge >= 0.3 is 0 Å². The third-order valence-electron chi connectivity index (χ3n) is 5.21. The van der Waals surface area contributed by atoms with E-state index in [9.17, 15) is 4.79 Å². The van der Waals surface area contributed by atoms with Crippen molar-refractivity contribution in [2.24, 2.45) is 0 Å². The second-order valence-electron chi connectivity index (χ2n) is 6.86. The van der Waals surface area contributed by atoms with Crippen LogP contribution in [-0.2, 0) is 4.79 Å². The van der Waals surface area contributed by atoms with Crippen LogP contribution in [0.15, 0.2) is 36.5 Å². The van der Waals surface area contributed by atoms with Crippen molar-refractivity contribution in [3.8, 4) is 5.75 Å². The largest absolute Gasteiger partial charge is 0.493 e. The molecule has 1 fully saturated rings. The van der Waals surface area contributed by atoms with Crippen LogP contribution in [-0.4, -0.2) is 47.2 Å². The number of carbonyl (C=O) groups excluding carboxylic acids is 1. The number of hydrogen-bond acceptors (Lipinski definition) is 4. The molecule has 1 amide bonds. The van der Waals surface area contributed by atoms with Crippen LogP contribution in [0.25, 0.3) is 0 Å². The molecule has 0 aliphatic carbocycles. The number of carbonyl (C=O) groups is 1. The highest BCUT2D eigenvalue weighted by molar-refractivity contribution is 5.78. The number of likely N-dealkylation sites (tertiary alicyclic amines) is 1. The summed E-state index contributed by atoms with van der Waals surface area (Å²) in [4.78, 5) is 14.7. The Morgan fingerprint density at radius 3 is 2.88 bits per heavy atom. The third kappa shape index (κ3) is 3.69. The number of H-pyrrole nitrogens is 1. The van der Waals surface area contributed by atoms with Gasteiger partial charge in [-0.05, 0) is 38.1 Å². The predicted octanol–water partition coefficient (Wildman–Crippen LogP) is 2.23. The Labute approximate surface area is 147 Å². The lowest BCUT2D eigenvalue weighted by atomic mass is 9.94. The Kier molecular flexibility index (Phi) is 4.70. The molecule has 0 unspecified atom stereocenters. The van der Waals surface area contributed by atoms with Crippen LogP contribution in [0.5, 0.6) is 5.75 Å². The first kappa shape index (κ1) is 16.1. The van der Waals surface area contributed by atoms with Gasteiger partial charge in [-0.2, -0.15) is 5.10 Å². The van der Waals surface area contributed by atoms with E-state index in [4.69, 9.17) is 4.74 Å². The number of ether oxygens (including phenoxy) is 1. The quantitative estimate of drug-likeness (QED) is 0.895. The summed E-state index contributed by atoms with van der Waals surface area (Å²) in [5, 5.41) is 10.3. The second kappa shape index (κ2) is 7.27. The first-order valence-electron chi connectivity index (χ1n) is 9.02. The van der Waals surface area contributed by atoms with Gasteiger partial charge in [-0.15, -0.1) is 0 Å². The molecule has 25 heavy (non-hydrogen) atoms. The molecule has 0 spiro atoms. The maximum absolute atomic E-state index is 12.5. The van der Waals surface area contributed by atoms with E-state index in [0.29, 0.717) is 19.1 Å². The van der Waals surface area contributed by atoms with Crippen molar-refractivity contribution >= 4 is 5.91 Å². The van der Waals surface area contributed by atoms with Gasteiger partial charge in [0.05, 0.1) is 19.2 Å². The molecule has 0 saturated carbocycles. The number of rotatable bonds is 4. The van der Waals surface area contributed by atoms with Gasteiger partial charge in [0.2, 0.25) is 5.91 Å². The van der Waals surface area contributed by atoms with E-state index >= 15 is 0 Å². The zero-order valence-electron chi connectivity index (χ0n) is 14.3. The van der Waals surface area contributed by atoms with Gasteiger partial charge in [-0.25, -0.2) is 0 Å². The van der Waals surface area contributed by atoms with E-state index in [1.165, 1.54) is 5.69 Å². The molecule has 2 aliphatic heterocycles. The molecular weight excluding hydrogens is 316 g/mol. The molecule has 1 atom stereocenters. The van der Waals surface area contributed by atoms with Crippen molar-refractivity contribution in [3.05, 3.63) is 47.8 Å². The van der Waals surface area contributed by atoms with Crippen LogP contribution >= 0.6 is 0 Å². The SMILES string of the molecule is O=C(CN1CCC(c2ccn[nH]2)CC1)N[C@@H]1CCOc2ccccc21. The first-order chi connectivity index (χ1) is 12.3. The highest BCUT2D eigenvalue weighted by atomic mass is 16.5. The van der Waals surface area contributed by atoms with Gasteiger partial charge < -0.3 is 10.1 Å². The van der Waals surface area contributed by atoms with Gasteiger partial charge in [0.15, 0.2) is 0 Å². The highest BCUT2D eigenvalue weighted by Gasteiger charge is 2.25. The van der Waals surface area contributed by atoms with Crippen molar-refractivity contribution in [1.82, 2.24) is 20.4 Å². The molecule has 0 radical (unpaired) electrons. The van der Waals surface area contributed by atoms with Crippen molar-refractivity contribution < 1.29 is 9.53 Å². The van der Waals surface area contributed by atoms with Crippen molar-refractivity contribution in [2.45, 2.75) is 31.2 Å². The smallest absolute Gasteiger partial charge is 0.234 e. The summed E-state index contributed by atoms with van der Waals surface area (Å²) in [5.41, 5.74) is 2.29. The summed E-state index contributed by atoms with van der Waals surface area (Å²) in [6, 6.07) is 10.1. The van der Waals surface area contributed by atoms with E-state index < -0.39 is 0 Å². The molecule has 1 aromatic heterocycles. The van der Waals surface area contributed by atoms with Gasteiger partial charge in [0.25, 0.3) is 0 Å². The molecule has 2 aliphatic rings. The van der Waals surface area contributed by atoms with Crippen molar-refractivity contribution in [3.63, 3.8) is 0 Å². The third-order valence-corrected chi connectivity index (χ3v) is 5.21. The monoisotopic (exact) mass is 340 g/mol. The maximum atomic E-state index is 12.5. The van der Waals surface area contributed by atoms with Gasteiger partial charge in [-0.3, -0.25) is 14.8 Å². The molecule has 2 N–H and O–H groups in total. The second-order valence-corrected chi connectivity index (χ2v) is 6.86. The fourth-order valence-electron chi connectivity index (χ4n) is 3.83. The number of nitrogens with zero attached hydrogens (tertiary/aromatic N) is 2. The fraction of sp³-hybridized carbons (Fsp3) is 0.474. The number of amides is 1. The highest BCUT2D eigenvalue weighted by Crippen LogP contribution is 2.31. The van der Waals surface area contributed by atoms with Crippen LogP contribution < -0.4 is 10.1 Å². The minimum Gasteiger partial charge on any atom is -0.493 e. The standard InChI is InChI=1S/C19H24N4O2/c24-19(21-17-8-12-25-18-4-2-1-3-15(17)18)13-23-10-6-14(7-11-23)16-5-9-20-22-16/h1-5,9,14,17H,6-8,10-13H2,(H,20,22)(H,21,24)/t17-/m1/s1. The van der Waals surface area contributed by atoms with Gasteiger partial charge in [0, 0.05) is 29.8 Å². The average Bonchev–Trinajstić information content (AvgIpc) is 3.17. The molecule has 0 bridgehead atoms. The molecule has 1 aromatic carbocycles. The number of hydrogen-bond donors (Lipinski definition) is 2. The summed E-state index contributed by atoms with van der Waals surface area (Å²) in [7, 11) is 0. The number of fused-ring (bicyclic) bond motifs is 1. The van der Waals surface area contributed by atoms with Crippen molar-refractivity contribution in [2.75, 3.05) is 26.2 Å². The Morgan fingerprint density at radius 1 is 1.24 bits per heavy atom. The summed E-state index contributed by atoms with van der Waals surface area (Å²) in [6.07, 6.45) is 4.76. The zero-order chi connectivity index (χ0) is 17.1. The molecule has 1 saturated heterocycles. The molecule has 4 rings (SSSR count). The minimum absolute atomic E-state index is 0.0555. The Hall–Kier alpha value is -2.34. The van der Waals surface area contributed by atoms with Gasteiger partial charge in [0.1, 0.15) is 5.75 Å². The van der Waals surface area contributed by atoms with Crippen LogP contribution in [0.4, 0.5) is 0 Å². The Bertz CT molecular complexity index is 708. The molecule has 6 nitrogen and oxygen atoms in total. The summed E-state index contributed by atoms with van der Waals surface area (Å²) in [6.45, 7) is 3.01. The van der Waals surface area contributed by atoms with E-state index in [1.807, 2.05) is 24.3 Å². The summed E-state index contributed by atoms with van der Waals surface area (Å²) in [5.74, 6) is 1.52.